The summed E-state index contributed by atoms with van der Waals surface area (Å²) in [5.74, 6) is 0.00692. The molecule has 1 aromatic heterocycles. The highest BCUT2D eigenvalue weighted by Gasteiger charge is 2.36. The first kappa shape index (κ1) is 18.1. The van der Waals surface area contributed by atoms with Crippen LogP contribution < -0.4 is 5.32 Å². The van der Waals surface area contributed by atoms with E-state index < -0.39 is 6.04 Å². The molecule has 1 saturated heterocycles. The third-order valence-corrected chi connectivity index (χ3v) is 4.67. The zero-order valence-electron chi connectivity index (χ0n) is 15.1. The number of piperazine rings is 1. The van der Waals surface area contributed by atoms with E-state index in [9.17, 15) is 9.59 Å². The highest BCUT2D eigenvalue weighted by Crippen LogP contribution is 2.15. The Morgan fingerprint density at radius 2 is 2.04 bits per heavy atom. The van der Waals surface area contributed by atoms with Crippen LogP contribution in [0.2, 0.25) is 0 Å². The van der Waals surface area contributed by atoms with Gasteiger partial charge in [-0.05, 0) is 12.0 Å². The third-order valence-electron chi connectivity index (χ3n) is 4.67. The van der Waals surface area contributed by atoms with Gasteiger partial charge in [0.25, 0.3) is 5.91 Å². The predicted octanol–water partition coefficient (Wildman–Crippen LogP) is 1.10. The lowest BCUT2D eigenvalue weighted by molar-refractivity contribution is -0.127. The number of hydrogen-bond donors (Lipinski definition) is 1. The quantitative estimate of drug-likeness (QED) is 0.868. The van der Waals surface area contributed by atoms with Gasteiger partial charge in [-0.1, -0.05) is 30.3 Å². The van der Waals surface area contributed by atoms with Crippen molar-refractivity contribution in [3.63, 3.8) is 0 Å². The first-order valence-electron chi connectivity index (χ1n) is 8.79. The van der Waals surface area contributed by atoms with Crippen molar-refractivity contribution in [2.45, 2.75) is 19.4 Å². The van der Waals surface area contributed by atoms with Crippen molar-refractivity contribution in [1.29, 1.82) is 0 Å². The van der Waals surface area contributed by atoms with E-state index in [1.165, 1.54) is 11.8 Å². The minimum Gasteiger partial charge on any atom is -0.448 e. The van der Waals surface area contributed by atoms with Gasteiger partial charge in [-0.3, -0.25) is 14.5 Å². The third kappa shape index (κ3) is 4.11. The number of aromatic nitrogens is 1. The molecule has 0 spiro atoms. The van der Waals surface area contributed by atoms with Crippen LogP contribution in [0.25, 0.3) is 0 Å². The lowest BCUT2D eigenvalue weighted by Gasteiger charge is -2.40. The van der Waals surface area contributed by atoms with Crippen LogP contribution in [0.3, 0.4) is 0 Å². The van der Waals surface area contributed by atoms with Gasteiger partial charge in [0, 0.05) is 40.2 Å². The Labute approximate surface area is 153 Å². The van der Waals surface area contributed by atoms with Crippen molar-refractivity contribution in [3.8, 4) is 0 Å². The summed E-state index contributed by atoms with van der Waals surface area (Å²) in [6.45, 7) is 4.26. The molecule has 1 aliphatic heterocycles. The van der Waals surface area contributed by atoms with Crippen molar-refractivity contribution in [3.05, 3.63) is 53.7 Å². The van der Waals surface area contributed by atoms with Crippen molar-refractivity contribution >= 4 is 11.8 Å². The molecule has 2 aromatic rings. The minimum absolute atomic E-state index is 0.164. The van der Waals surface area contributed by atoms with Crippen LogP contribution >= 0.6 is 0 Å². The molecule has 0 saturated carbocycles. The fourth-order valence-corrected chi connectivity index (χ4v) is 3.22. The summed E-state index contributed by atoms with van der Waals surface area (Å²) in [4.78, 5) is 33.0. The molecule has 0 aliphatic carbocycles. The SMILES string of the molecule is CNC(=O)C1CN(CCc2ccccc2)CCN1C(=O)c1coc(C)n1. The Hall–Kier alpha value is -2.67. The van der Waals surface area contributed by atoms with Crippen LogP contribution in [0.5, 0.6) is 0 Å². The molecule has 1 N–H and O–H groups in total. The lowest BCUT2D eigenvalue weighted by atomic mass is 10.1. The molecule has 0 radical (unpaired) electrons. The normalized spacial score (nSPS) is 17.9. The largest absolute Gasteiger partial charge is 0.448 e. The van der Waals surface area contributed by atoms with E-state index in [4.69, 9.17) is 4.42 Å². The minimum atomic E-state index is -0.533. The van der Waals surface area contributed by atoms with E-state index in [2.05, 4.69) is 27.3 Å². The molecule has 3 rings (SSSR count). The van der Waals surface area contributed by atoms with E-state index in [0.29, 0.717) is 19.0 Å². The smallest absolute Gasteiger partial charge is 0.276 e. The molecule has 7 nitrogen and oxygen atoms in total. The monoisotopic (exact) mass is 356 g/mol. The molecule has 1 aliphatic rings. The van der Waals surface area contributed by atoms with Crippen LogP contribution in [0.15, 0.2) is 41.0 Å². The number of rotatable bonds is 5. The summed E-state index contributed by atoms with van der Waals surface area (Å²) >= 11 is 0. The Kier molecular flexibility index (Phi) is 5.68. The van der Waals surface area contributed by atoms with Crippen molar-refractivity contribution in [2.75, 3.05) is 33.2 Å². The molecule has 1 unspecified atom stereocenters. The average Bonchev–Trinajstić information content (AvgIpc) is 3.12. The number of aryl methyl sites for hydroxylation is 1. The predicted molar refractivity (Wildman–Crippen MR) is 96.7 cm³/mol. The Morgan fingerprint density at radius 3 is 2.69 bits per heavy atom. The molecule has 2 amide bonds. The van der Waals surface area contributed by atoms with Crippen LogP contribution in [0, 0.1) is 6.92 Å². The zero-order chi connectivity index (χ0) is 18.5. The summed E-state index contributed by atoms with van der Waals surface area (Å²) in [6.07, 6.45) is 2.26. The maximum absolute atomic E-state index is 12.7. The van der Waals surface area contributed by atoms with Crippen molar-refractivity contribution in [2.24, 2.45) is 0 Å². The molecule has 2 heterocycles. The number of likely N-dealkylation sites (N-methyl/N-ethyl adjacent to an activating group) is 1. The molecule has 0 bridgehead atoms. The molecule has 26 heavy (non-hydrogen) atoms. The van der Waals surface area contributed by atoms with E-state index in [1.54, 1.807) is 18.9 Å². The second kappa shape index (κ2) is 8.14. The highest BCUT2D eigenvalue weighted by atomic mass is 16.3. The number of benzene rings is 1. The maximum Gasteiger partial charge on any atom is 0.276 e. The second-order valence-corrected chi connectivity index (χ2v) is 6.42. The summed E-state index contributed by atoms with van der Waals surface area (Å²) < 4.78 is 5.14. The van der Waals surface area contributed by atoms with E-state index in [1.807, 2.05) is 18.2 Å². The summed E-state index contributed by atoms with van der Waals surface area (Å²) in [6, 6.07) is 9.72. The number of hydrogen-bond acceptors (Lipinski definition) is 5. The molecule has 1 aromatic carbocycles. The summed E-state index contributed by atoms with van der Waals surface area (Å²) in [5.41, 5.74) is 1.51. The van der Waals surface area contributed by atoms with Gasteiger partial charge >= 0.3 is 0 Å². The van der Waals surface area contributed by atoms with Gasteiger partial charge in [0.1, 0.15) is 12.3 Å². The van der Waals surface area contributed by atoms with Gasteiger partial charge in [-0.25, -0.2) is 4.98 Å². The van der Waals surface area contributed by atoms with Crippen molar-refractivity contribution < 1.29 is 14.0 Å². The molecule has 1 fully saturated rings. The van der Waals surface area contributed by atoms with E-state index in [-0.39, 0.29) is 17.5 Å². The Balaban J connectivity index is 1.67. The first-order valence-corrected chi connectivity index (χ1v) is 8.79. The number of carbonyl (C=O) groups is 2. The summed E-state index contributed by atoms with van der Waals surface area (Å²) in [5, 5.41) is 2.67. The van der Waals surface area contributed by atoms with Crippen LogP contribution in [0.1, 0.15) is 21.9 Å². The zero-order valence-corrected chi connectivity index (χ0v) is 15.1. The van der Waals surface area contributed by atoms with Gasteiger partial charge < -0.3 is 14.6 Å². The van der Waals surface area contributed by atoms with Crippen molar-refractivity contribution in [1.82, 2.24) is 20.1 Å². The lowest BCUT2D eigenvalue weighted by Crippen LogP contribution is -2.60. The molecular formula is C19H24N4O3. The first-order chi connectivity index (χ1) is 12.6. The molecular weight excluding hydrogens is 332 g/mol. The van der Waals surface area contributed by atoms with Gasteiger partial charge in [-0.15, -0.1) is 0 Å². The second-order valence-electron chi connectivity index (χ2n) is 6.42. The van der Waals surface area contributed by atoms with Gasteiger partial charge in [0.05, 0.1) is 0 Å². The van der Waals surface area contributed by atoms with Crippen LogP contribution in [-0.4, -0.2) is 65.9 Å². The van der Waals surface area contributed by atoms with Gasteiger partial charge in [-0.2, -0.15) is 0 Å². The standard InChI is InChI=1S/C19H24N4O3/c1-14-21-16(13-26-14)19(25)23-11-10-22(12-17(23)18(24)20-2)9-8-15-6-4-3-5-7-15/h3-7,13,17H,8-12H2,1-2H3,(H,20,24). The average molecular weight is 356 g/mol. The van der Waals surface area contributed by atoms with Crippen LogP contribution in [-0.2, 0) is 11.2 Å². The van der Waals surface area contributed by atoms with Crippen LogP contribution in [0.4, 0.5) is 0 Å². The molecule has 1 atom stereocenters. The molecule has 7 heteroatoms. The number of amides is 2. The topological polar surface area (TPSA) is 78.7 Å². The fourth-order valence-electron chi connectivity index (χ4n) is 3.22. The van der Waals surface area contributed by atoms with Gasteiger partial charge in [0.15, 0.2) is 11.6 Å². The highest BCUT2D eigenvalue weighted by molar-refractivity contribution is 5.96. The van der Waals surface area contributed by atoms with Gasteiger partial charge in [0.2, 0.25) is 5.91 Å². The number of oxazole rings is 1. The van der Waals surface area contributed by atoms with E-state index in [0.717, 1.165) is 19.5 Å². The fraction of sp³-hybridized carbons (Fsp3) is 0.421. The Bertz CT molecular complexity index is 759. The number of carbonyl (C=O) groups excluding carboxylic acids is 2. The number of nitrogens with one attached hydrogen (secondary N) is 1. The summed E-state index contributed by atoms with van der Waals surface area (Å²) in [7, 11) is 1.59. The maximum atomic E-state index is 12.7. The number of nitrogens with zero attached hydrogens (tertiary/aromatic N) is 3. The van der Waals surface area contributed by atoms with E-state index >= 15 is 0 Å². The molecule has 138 valence electrons. The Morgan fingerprint density at radius 1 is 1.27 bits per heavy atom.